The smallest absolute Gasteiger partial charge is 0.237 e. The van der Waals surface area contributed by atoms with Crippen molar-refractivity contribution in [1.82, 2.24) is 14.8 Å². The third kappa shape index (κ3) is 6.24. The Labute approximate surface area is 192 Å². The number of hydrogen-bond acceptors (Lipinski definition) is 5. The first-order valence-corrected chi connectivity index (χ1v) is 12.1. The second-order valence-electron chi connectivity index (χ2n) is 7.22. The van der Waals surface area contributed by atoms with Crippen molar-refractivity contribution >= 4 is 35.1 Å². The van der Waals surface area contributed by atoms with Gasteiger partial charge in [-0.05, 0) is 44.0 Å². The van der Waals surface area contributed by atoms with Crippen LogP contribution in [-0.2, 0) is 17.1 Å². The van der Waals surface area contributed by atoms with Crippen molar-refractivity contribution in [3.05, 3.63) is 78.1 Å². The van der Waals surface area contributed by atoms with Gasteiger partial charge in [0.2, 0.25) is 5.91 Å². The molecule has 0 spiro atoms. The lowest BCUT2D eigenvalue weighted by Crippen LogP contribution is -2.25. The number of amides is 1. The van der Waals surface area contributed by atoms with Gasteiger partial charge in [0.05, 0.1) is 11.0 Å². The van der Waals surface area contributed by atoms with Crippen molar-refractivity contribution in [1.29, 1.82) is 0 Å². The highest BCUT2D eigenvalue weighted by Gasteiger charge is 2.23. The fourth-order valence-electron chi connectivity index (χ4n) is 2.98. The maximum absolute atomic E-state index is 12.9. The molecule has 0 aliphatic carbocycles. The zero-order valence-electron chi connectivity index (χ0n) is 18.2. The predicted octanol–water partition coefficient (Wildman–Crippen LogP) is 5.88. The molecule has 0 saturated heterocycles. The van der Waals surface area contributed by atoms with Crippen molar-refractivity contribution in [2.45, 2.75) is 54.8 Å². The summed E-state index contributed by atoms with van der Waals surface area (Å²) >= 11 is 3.18. The van der Waals surface area contributed by atoms with Crippen molar-refractivity contribution in [2.24, 2.45) is 0 Å². The SMILES string of the molecule is C=CCn1c(CSc2ccc(C)cc2)nnc1SC(CC)C(=O)Nc1ccccc1C. The number of carbonyl (C=O) groups excluding carboxylic acids is 1. The van der Waals surface area contributed by atoms with Gasteiger partial charge in [-0.3, -0.25) is 4.79 Å². The molecule has 0 aliphatic heterocycles. The molecular weight excluding hydrogens is 424 g/mol. The molecule has 0 bridgehead atoms. The third-order valence-corrected chi connectivity index (χ3v) is 7.16. The van der Waals surface area contributed by atoms with Crippen molar-refractivity contribution in [3.63, 3.8) is 0 Å². The van der Waals surface area contributed by atoms with Gasteiger partial charge in [-0.15, -0.1) is 28.5 Å². The number of rotatable bonds is 10. The Bertz CT molecular complexity index is 1030. The first-order valence-electron chi connectivity index (χ1n) is 10.3. The minimum atomic E-state index is -0.259. The number of hydrogen-bond donors (Lipinski definition) is 1. The Morgan fingerprint density at radius 1 is 1.16 bits per heavy atom. The summed E-state index contributed by atoms with van der Waals surface area (Å²) in [6.45, 7) is 10.6. The largest absolute Gasteiger partial charge is 0.325 e. The molecule has 1 N–H and O–H groups in total. The first-order chi connectivity index (χ1) is 15.0. The fourth-order valence-corrected chi connectivity index (χ4v) is 4.80. The molecule has 7 heteroatoms. The number of nitrogens with zero attached hydrogens (tertiary/aromatic N) is 3. The summed E-state index contributed by atoms with van der Waals surface area (Å²) in [5.74, 6) is 1.56. The second kappa shape index (κ2) is 11.2. The van der Waals surface area contributed by atoms with E-state index in [0.717, 1.165) is 22.2 Å². The van der Waals surface area contributed by atoms with Crippen LogP contribution in [0.2, 0.25) is 0 Å². The van der Waals surface area contributed by atoms with E-state index in [4.69, 9.17) is 0 Å². The standard InChI is InChI=1S/C24H28N4OS2/c1-5-15-28-22(16-30-19-13-11-17(3)12-14-19)26-27-24(28)31-21(6-2)23(29)25-20-10-8-7-9-18(20)4/h5,7-14,21H,1,6,15-16H2,2-4H3,(H,25,29). The number of aromatic nitrogens is 3. The topological polar surface area (TPSA) is 59.8 Å². The average molecular weight is 453 g/mol. The van der Waals surface area contributed by atoms with Crippen LogP contribution in [-0.4, -0.2) is 25.9 Å². The minimum Gasteiger partial charge on any atom is -0.325 e. The van der Waals surface area contributed by atoms with Crippen LogP contribution >= 0.6 is 23.5 Å². The minimum absolute atomic E-state index is 0.0227. The van der Waals surface area contributed by atoms with Crippen molar-refractivity contribution in [2.75, 3.05) is 5.32 Å². The molecule has 1 atom stereocenters. The number of thioether (sulfide) groups is 2. The van der Waals surface area contributed by atoms with Crippen LogP contribution in [0.5, 0.6) is 0 Å². The highest BCUT2D eigenvalue weighted by Crippen LogP contribution is 2.29. The van der Waals surface area contributed by atoms with Gasteiger partial charge in [0, 0.05) is 17.1 Å². The molecule has 31 heavy (non-hydrogen) atoms. The Hall–Kier alpha value is -2.51. The van der Waals surface area contributed by atoms with E-state index >= 15 is 0 Å². The van der Waals surface area contributed by atoms with Gasteiger partial charge in [-0.2, -0.15) is 0 Å². The van der Waals surface area contributed by atoms with Crippen LogP contribution in [0.1, 0.15) is 30.3 Å². The summed E-state index contributed by atoms with van der Waals surface area (Å²) in [5.41, 5.74) is 3.13. The molecule has 2 aromatic carbocycles. The summed E-state index contributed by atoms with van der Waals surface area (Å²) in [5, 5.41) is 12.3. The molecule has 0 radical (unpaired) electrons. The zero-order chi connectivity index (χ0) is 22.2. The molecule has 1 amide bonds. The molecular formula is C24H28N4OS2. The van der Waals surface area contributed by atoms with E-state index in [2.05, 4.69) is 53.3 Å². The molecule has 0 fully saturated rings. The lowest BCUT2D eigenvalue weighted by molar-refractivity contribution is -0.115. The van der Waals surface area contributed by atoms with Gasteiger partial charge < -0.3 is 9.88 Å². The Kier molecular flexibility index (Phi) is 8.37. The second-order valence-corrected chi connectivity index (χ2v) is 9.44. The highest BCUT2D eigenvalue weighted by atomic mass is 32.2. The average Bonchev–Trinajstić information content (AvgIpc) is 3.14. The van der Waals surface area contributed by atoms with E-state index in [0.29, 0.717) is 18.7 Å². The molecule has 3 rings (SSSR count). The lowest BCUT2D eigenvalue weighted by Gasteiger charge is -2.16. The van der Waals surface area contributed by atoms with E-state index in [-0.39, 0.29) is 11.2 Å². The zero-order valence-corrected chi connectivity index (χ0v) is 19.8. The maximum Gasteiger partial charge on any atom is 0.237 e. The van der Waals surface area contributed by atoms with Gasteiger partial charge in [-0.25, -0.2) is 0 Å². The first kappa shape index (κ1) is 23.2. The number of anilines is 1. The van der Waals surface area contributed by atoms with Crippen LogP contribution in [0, 0.1) is 13.8 Å². The van der Waals surface area contributed by atoms with Gasteiger partial charge in [0.25, 0.3) is 0 Å². The van der Waals surface area contributed by atoms with Crippen LogP contribution in [0.3, 0.4) is 0 Å². The monoisotopic (exact) mass is 452 g/mol. The summed E-state index contributed by atoms with van der Waals surface area (Å²) < 4.78 is 2.04. The molecule has 1 aromatic heterocycles. The van der Waals surface area contributed by atoms with Gasteiger partial charge in [0.15, 0.2) is 5.16 Å². The number of aryl methyl sites for hydroxylation is 2. The van der Waals surface area contributed by atoms with Crippen LogP contribution in [0.15, 0.2) is 71.2 Å². The highest BCUT2D eigenvalue weighted by molar-refractivity contribution is 8.00. The number of allylic oxidation sites excluding steroid dienone is 1. The predicted molar refractivity (Wildman–Crippen MR) is 131 cm³/mol. The number of carbonyl (C=O) groups is 1. The number of para-hydroxylation sites is 1. The van der Waals surface area contributed by atoms with E-state index in [1.807, 2.05) is 48.8 Å². The number of nitrogens with one attached hydrogen (secondary N) is 1. The maximum atomic E-state index is 12.9. The molecule has 5 nitrogen and oxygen atoms in total. The molecule has 0 aliphatic rings. The van der Waals surface area contributed by atoms with E-state index in [1.54, 1.807) is 11.8 Å². The molecule has 1 unspecified atom stereocenters. The van der Waals surface area contributed by atoms with Crippen LogP contribution in [0.25, 0.3) is 0 Å². The van der Waals surface area contributed by atoms with Gasteiger partial charge in [-0.1, -0.05) is 60.7 Å². The van der Waals surface area contributed by atoms with Crippen LogP contribution < -0.4 is 5.32 Å². The summed E-state index contributed by atoms with van der Waals surface area (Å²) in [6, 6.07) is 16.3. The quantitative estimate of drug-likeness (QED) is 0.307. The third-order valence-electron chi connectivity index (χ3n) is 4.81. The molecule has 1 heterocycles. The van der Waals surface area contributed by atoms with Gasteiger partial charge >= 0.3 is 0 Å². The van der Waals surface area contributed by atoms with Crippen LogP contribution in [0.4, 0.5) is 5.69 Å². The molecule has 3 aromatic rings. The van der Waals surface area contributed by atoms with E-state index in [1.165, 1.54) is 22.2 Å². The normalized spacial score (nSPS) is 11.8. The van der Waals surface area contributed by atoms with Crippen molar-refractivity contribution in [3.8, 4) is 0 Å². The Morgan fingerprint density at radius 2 is 1.90 bits per heavy atom. The summed E-state index contributed by atoms with van der Waals surface area (Å²) in [6.07, 6.45) is 2.53. The Morgan fingerprint density at radius 3 is 2.58 bits per heavy atom. The molecule has 0 saturated carbocycles. The Balaban J connectivity index is 1.71. The lowest BCUT2D eigenvalue weighted by atomic mass is 10.2. The van der Waals surface area contributed by atoms with Crippen molar-refractivity contribution < 1.29 is 4.79 Å². The van der Waals surface area contributed by atoms with E-state index in [9.17, 15) is 4.79 Å². The van der Waals surface area contributed by atoms with E-state index < -0.39 is 0 Å². The van der Waals surface area contributed by atoms with Gasteiger partial charge in [0.1, 0.15) is 5.82 Å². The number of benzene rings is 2. The molecule has 162 valence electrons. The summed E-state index contributed by atoms with van der Waals surface area (Å²) in [4.78, 5) is 14.1. The summed E-state index contributed by atoms with van der Waals surface area (Å²) in [7, 11) is 0. The fraction of sp³-hybridized carbons (Fsp3) is 0.292.